The van der Waals surface area contributed by atoms with Gasteiger partial charge in [0.25, 0.3) is 0 Å². The number of hydrogen-bond donors (Lipinski definition) is 0. The third-order valence-electron chi connectivity index (χ3n) is 5.34. The van der Waals surface area contributed by atoms with E-state index in [1.807, 2.05) is 13.1 Å². The predicted octanol–water partition coefficient (Wildman–Crippen LogP) is 2.78. The number of piperidine rings is 1. The molecule has 0 amide bonds. The van der Waals surface area contributed by atoms with Gasteiger partial charge in [0.15, 0.2) is 5.82 Å². The first-order valence-corrected chi connectivity index (χ1v) is 8.75. The number of Topliss-reactive ketones (excluding diaryl/α,β-unsaturated/α-hetero) is 1. The van der Waals surface area contributed by atoms with Gasteiger partial charge in [-0.2, -0.15) is 0 Å². The Morgan fingerprint density at radius 1 is 1.12 bits per heavy atom. The molecule has 1 aliphatic heterocycles. The molecule has 0 N–H and O–H groups in total. The highest BCUT2D eigenvalue weighted by Crippen LogP contribution is 2.31. The third kappa shape index (κ3) is 2.62. The Labute approximate surface area is 147 Å². The Bertz CT molecular complexity index is 931. The van der Waals surface area contributed by atoms with Gasteiger partial charge in [-0.15, -0.1) is 10.2 Å². The molecule has 0 unspecified atom stereocenters. The van der Waals surface area contributed by atoms with Crippen LogP contribution in [-0.2, 0) is 18.9 Å². The summed E-state index contributed by atoms with van der Waals surface area (Å²) in [4.78, 5) is 13.8. The summed E-state index contributed by atoms with van der Waals surface area (Å²) in [5.74, 6) is 2.25. The summed E-state index contributed by atoms with van der Waals surface area (Å²) in [6.07, 6.45) is 3.90. The number of rotatable bonds is 3. The highest BCUT2D eigenvalue weighted by atomic mass is 16.1. The van der Waals surface area contributed by atoms with Crippen LogP contribution in [0.1, 0.15) is 19.8 Å². The number of carbonyl (C=O) groups is 1. The fourth-order valence-electron chi connectivity index (χ4n) is 3.84. The van der Waals surface area contributed by atoms with Crippen LogP contribution in [0, 0.1) is 5.92 Å². The van der Waals surface area contributed by atoms with Crippen molar-refractivity contribution in [2.75, 3.05) is 18.0 Å². The minimum absolute atomic E-state index is 0.196. The van der Waals surface area contributed by atoms with Crippen molar-refractivity contribution < 1.29 is 4.79 Å². The monoisotopic (exact) mass is 337 g/mol. The average molecular weight is 337 g/mol. The number of aryl methyl sites for hydroxylation is 1. The summed E-state index contributed by atoms with van der Waals surface area (Å²) < 4.78 is 4.19. The molecule has 3 heterocycles. The van der Waals surface area contributed by atoms with Crippen LogP contribution in [0.25, 0.3) is 22.3 Å². The second-order valence-electron chi connectivity index (χ2n) is 6.93. The summed E-state index contributed by atoms with van der Waals surface area (Å²) in [5.41, 5.74) is 2.28. The molecule has 6 nitrogen and oxygen atoms in total. The lowest BCUT2D eigenvalue weighted by molar-refractivity contribution is -0.121. The normalized spacial score (nSPS) is 15.9. The molecular formula is C19H23N5O. The zero-order valence-electron chi connectivity index (χ0n) is 14.9. The van der Waals surface area contributed by atoms with Crippen LogP contribution in [0.4, 0.5) is 5.95 Å². The molecule has 0 radical (unpaired) electrons. The summed E-state index contributed by atoms with van der Waals surface area (Å²) in [6.45, 7) is 3.40. The van der Waals surface area contributed by atoms with Gasteiger partial charge >= 0.3 is 0 Å². The Balaban J connectivity index is 1.67. The quantitative estimate of drug-likeness (QED) is 0.737. The van der Waals surface area contributed by atoms with Crippen molar-refractivity contribution in [2.45, 2.75) is 19.8 Å². The maximum Gasteiger partial charge on any atom is 0.227 e. The zero-order valence-corrected chi connectivity index (χ0v) is 14.9. The van der Waals surface area contributed by atoms with Crippen LogP contribution >= 0.6 is 0 Å². The van der Waals surface area contributed by atoms with Crippen molar-refractivity contribution in [1.82, 2.24) is 19.3 Å². The van der Waals surface area contributed by atoms with Crippen molar-refractivity contribution in [1.29, 1.82) is 0 Å². The number of anilines is 1. The molecule has 0 aliphatic carbocycles. The van der Waals surface area contributed by atoms with Gasteiger partial charge in [0.05, 0.1) is 0 Å². The maximum atomic E-state index is 11.6. The number of para-hydroxylation sites is 1. The van der Waals surface area contributed by atoms with Gasteiger partial charge in [0.1, 0.15) is 5.78 Å². The first kappa shape index (κ1) is 15.9. The SMILES string of the molecule is CC(=O)C1CCN(c2nnc(-c3cn(C)c4ccccc34)n2C)CC1. The smallest absolute Gasteiger partial charge is 0.227 e. The van der Waals surface area contributed by atoms with Gasteiger partial charge in [-0.3, -0.25) is 9.36 Å². The lowest BCUT2D eigenvalue weighted by atomic mass is 9.93. The van der Waals surface area contributed by atoms with Gasteiger partial charge in [-0.1, -0.05) is 18.2 Å². The van der Waals surface area contributed by atoms with Crippen LogP contribution in [0.5, 0.6) is 0 Å². The molecule has 0 saturated carbocycles. The summed E-state index contributed by atoms with van der Waals surface area (Å²) in [6, 6.07) is 8.34. The van der Waals surface area contributed by atoms with Crippen LogP contribution in [0.15, 0.2) is 30.5 Å². The van der Waals surface area contributed by atoms with E-state index in [-0.39, 0.29) is 5.92 Å². The molecule has 2 aromatic heterocycles. The van der Waals surface area contributed by atoms with Crippen molar-refractivity contribution in [3.63, 3.8) is 0 Å². The summed E-state index contributed by atoms with van der Waals surface area (Å²) >= 11 is 0. The third-order valence-corrected chi connectivity index (χ3v) is 5.34. The van der Waals surface area contributed by atoms with E-state index in [1.165, 1.54) is 10.9 Å². The van der Waals surface area contributed by atoms with Crippen molar-refractivity contribution in [3.8, 4) is 11.4 Å². The van der Waals surface area contributed by atoms with Gasteiger partial charge < -0.3 is 9.47 Å². The number of fused-ring (bicyclic) bond motifs is 1. The van der Waals surface area contributed by atoms with Gasteiger partial charge in [0, 0.05) is 55.8 Å². The Hall–Kier alpha value is -2.63. The largest absolute Gasteiger partial charge is 0.350 e. The molecule has 130 valence electrons. The first-order valence-electron chi connectivity index (χ1n) is 8.75. The molecule has 1 aliphatic rings. The number of aromatic nitrogens is 4. The van der Waals surface area contributed by atoms with E-state index >= 15 is 0 Å². The lowest BCUT2D eigenvalue weighted by Gasteiger charge is -2.31. The molecule has 1 fully saturated rings. The van der Waals surface area contributed by atoms with Crippen LogP contribution in [-0.4, -0.2) is 38.2 Å². The van der Waals surface area contributed by atoms with E-state index in [9.17, 15) is 4.79 Å². The van der Waals surface area contributed by atoms with Crippen LogP contribution in [0.2, 0.25) is 0 Å². The fourth-order valence-corrected chi connectivity index (χ4v) is 3.84. The van der Waals surface area contributed by atoms with Crippen molar-refractivity contribution in [3.05, 3.63) is 30.5 Å². The number of ketones is 1. The molecule has 0 spiro atoms. The maximum absolute atomic E-state index is 11.6. The Kier molecular flexibility index (Phi) is 3.82. The Morgan fingerprint density at radius 2 is 1.84 bits per heavy atom. The van der Waals surface area contributed by atoms with E-state index < -0.39 is 0 Å². The predicted molar refractivity (Wildman–Crippen MR) is 98.5 cm³/mol. The Morgan fingerprint density at radius 3 is 2.56 bits per heavy atom. The fraction of sp³-hybridized carbons (Fsp3) is 0.421. The molecule has 3 aromatic rings. The van der Waals surface area contributed by atoms with E-state index in [0.29, 0.717) is 5.78 Å². The second kappa shape index (κ2) is 6.02. The number of nitrogens with zero attached hydrogens (tertiary/aromatic N) is 5. The van der Waals surface area contributed by atoms with Crippen LogP contribution in [0.3, 0.4) is 0 Å². The first-order chi connectivity index (χ1) is 12.1. The molecule has 25 heavy (non-hydrogen) atoms. The summed E-state index contributed by atoms with van der Waals surface area (Å²) in [7, 11) is 4.07. The van der Waals surface area contributed by atoms with E-state index in [1.54, 1.807) is 6.92 Å². The number of benzene rings is 1. The van der Waals surface area contributed by atoms with Crippen molar-refractivity contribution in [2.24, 2.45) is 20.0 Å². The average Bonchev–Trinajstić information content (AvgIpc) is 3.16. The second-order valence-corrected chi connectivity index (χ2v) is 6.93. The minimum atomic E-state index is 0.196. The molecule has 0 atom stereocenters. The molecule has 1 aromatic carbocycles. The number of hydrogen-bond acceptors (Lipinski definition) is 4. The van der Waals surface area contributed by atoms with E-state index in [4.69, 9.17) is 0 Å². The lowest BCUT2D eigenvalue weighted by Crippen LogP contribution is -2.37. The van der Waals surface area contributed by atoms with Crippen molar-refractivity contribution >= 4 is 22.6 Å². The van der Waals surface area contributed by atoms with Gasteiger partial charge in [-0.25, -0.2) is 0 Å². The van der Waals surface area contributed by atoms with Crippen LogP contribution < -0.4 is 4.90 Å². The van der Waals surface area contributed by atoms with Gasteiger partial charge in [0.2, 0.25) is 5.95 Å². The van der Waals surface area contributed by atoms with Gasteiger partial charge in [-0.05, 0) is 25.8 Å². The molecule has 4 rings (SSSR count). The highest BCUT2D eigenvalue weighted by molar-refractivity contribution is 5.94. The molecular weight excluding hydrogens is 314 g/mol. The highest BCUT2D eigenvalue weighted by Gasteiger charge is 2.26. The summed E-state index contributed by atoms with van der Waals surface area (Å²) in [5, 5.41) is 10.1. The minimum Gasteiger partial charge on any atom is -0.350 e. The standard InChI is InChI=1S/C19H23N5O/c1-13(25)14-8-10-24(11-9-14)19-21-20-18(23(19)3)16-12-22(2)17-7-5-4-6-15(16)17/h4-7,12,14H,8-11H2,1-3H3. The molecule has 6 heteroatoms. The number of carbonyl (C=O) groups excluding carboxylic acids is 1. The topological polar surface area (TPSA) is 56.0 Å². The zero-order chi connectivity index (χ0) is 17.6. The van der Waals surface area contributed by atoms with E-state index in [0.717, 1.165) is 43.3 Å². The van der Waals surface area contributed by atoms with E-state index in [2.05, 4.69) is 55.7 Å². The molecule has 0 bridgehead atoms. The molecule has 1 saturated heterocycles.